The number of rotatable bonds is 8. The number of carboxylic acids is 1. The molecule has 1 heterocycles. The van der Waals surface area contributed by atoms with Crippen molar-refractivity contribution in [2.75, 3.05) is 13.2 Å². The lowest BCUT2D eigenvalue weighted by molar-refractivity contribution is -0.299. The fourth-order valence-corrected chi connectivity index (χ4v) is 3.85. The number of hydrogen-bond acceptors (Lipinski definition) is 10. The van der Waals surface area contributed by atoms with Crippen LogP contribution in [0.2, 0.25) is 0 Å². The maximum Gasteiger partial charge on any atom is 0.335 e. The van der Waals surface area contributed by atoms with E-state index in [1.807, 2.05) is 0 Å². The first-order chi connectivity index (χ1) is 16.6. The Morgan fingerprint density at radius 3 is 2.43 bits per heavy atom. The van der Waals surface area contributed by atoms with Crippen molar-refractivity contribution in [2.45, 2.75) is 50.2 Å². The summed E-state index contributed by atoms with van der Waals surface area (Å²) in [4.78, 5) is 23.4. The van der Waals surface area contributed by atoms with Gasteiger partial charge in [0.25, 0.3) is 0 Å². The first-order valence-corrected chi connectivity index (χ1v) is 10.8. The van der Waals surface area contributed by atoms with Gasteiger partial charge in [0.15, 0.2) is 6.29 Å². The predicted octanol–water partition coefficient (Wildman–Crippen LogP) is -0.135. The summed E-state index contributed by atoms with van der Waals surface area (Å²) in [7, 11) is 0. The van der Waals surface area contributed by atoms with Gasteiger partial charge in [0.1, 0.15) is 36.8 Å². The van der Waals surface area contributed by atoms with E-state index in [9.17, 15) is 40.2 Å². The molecule has 2 aliphatic rings. The predicted molar refractivity (Wildman–Crippen MR) is 120 cm³/mol. The van der Waals surface area contributed by atoms with Gasteiger partial charge >= 0.3 is 11.9 Å². The summed E-state index contributed by atoms with van der Waals surface area (Å²) in [5.41, 5.74) is 1.32. The molecule has 0 bridgehead atoms. The van der Waals surface area contributed by atoms with E-state index in [-0.39, 0.29) is 29.9 Å². The van der Waals surface area contributed by atoms with E-state index >= 15 is 0 Å². The third kappa shape index (κ3) is 6.54. The van der Waals surface area contributed by atoms with Crippen molar-refractivity contribution in [1.29, 1.82) is 0 Å². The van der Waals surface area contributed by atoms with Crippen LogP contribution in [-0.2, 0) is 23.8 Å². The summed E-state index contributed by atoms with van der Waals surface area (Å²) in [6.45, 7) is 0.892. The van der Waals surface area contributed by atoms with Crippen LogP contribution in [0.15, 0.2) is 53.1 Å². The number of hydrogen-bond donors (Lipinski definition) is 6. The zero-order chi connectivity index (χ0) is 25.7. The quantitative estimate of drug-likeness (QED) is 0.210. The maximum atomic E-state index is 12.0. The van der Waals surface area contributed by atoms with E-state index in [1.165, 1.54) is 24.3 Å². The molecule has 35 heavy (non-hydrogen) atoms. The Balaban J connectivity index is 1.57. The zero-order valence-electron chi connectivity index (χ0n) is 18.9. The number of carboxylic acid groups (broad SMARTS) is 1. The molecule has 1 aromatic rings. The highest BCUT2D eigenvalue weighted by Gasteiger charge is 2.44. The number of phenolic OH excluding ortho intramolecular Hbond substituents is 1. The summed E-state index contributed by atoms with van der Waals surface area (Å²) in [6, 6.07) is 6.08. The molecule has 1 fully saturated rings. The molecule has 3 rings (SSSR count). The largest absolute Gasteiger partial charge is 0.508 e. The number of carbonyl (C=O) groups excluding carboxylic acids is 1. The summed E-state index contributed by atoms with van der Waals surface area (Å²) in [6.07, 6.45) is -4.39. The highest BCUT2D eigenvalue weighted by molar-refractivity contribution is 5.94. The Morgan fingerprint density at radius 1 is 1.09 bits per heavy atom. The van der Waals surface area contributed by atoms with Gasteiger partial charge in [-0.25, -0.2) is 9.59 Å². The Bertz CT molecular complexity index is 1010. The minimum Gasteiger partial charge on any atom is -0.508 e. The Labute approximate surface area is 200 Å². The minimum atomic E-state index is -1.66. The Kier molecular flexibility index (Phi) is 8.78. The van der Waals surface area contributed by atoms with Crippen LogP contribution >= 0.6 is 0 Å². The van der Waals surface area contributed by atoms with Crippen LogP contribution in [0.5, 0.6) is 5.75 Å². The van der Waals surface area contributed by atoms with E-state index in [1.54, 1.807) is 19.1 Å². The smallest absolute Gasteiger partial charge is 0.335 e. The molecule has 1 aliphatic carbocycles. The lowest BCUT2D eigenvalue weighted by Crippen LogP contribution is -2.59. The highest BCUT2D eigenvalue weighted by Crippen LogP contribution is 2.32. The molecule has 6 unspecified atom stereocenters. The van der Waals surface area contributed by atoms with Gasteiger partial charge in [0.2, 0.25) is 0 Å². The normalized spacial score (nSPS) is 30.3. The van der Waals surface area contributed by atoms with Crippen molar-refractivity contribution in [2.24, 2.45) is 0 Å². The van der Waals surface area contributed by atoms with Gasteiger partial charge in [0, 0.05) is 6.08 Å². The molecule has 1 aliphatic heterocycles. The monoisotopic (exact) mass is 492 g/mol. The molecular weight excluding hydrogens is 464 g/mol. The zero-order valence-corrected chi connectivity index (χ0v) is 18.9. The average molecular weight is 492 g/mol. The molecule has 0 saturated carbocycles. The van der Waals surface area contributed by atoms with E-state index < -0.39 is 55.4 Å². The molecule has 6 N–H and O–H groups in total. The van der Waals surface area contributed by atoms with Gasteiger partial charge in [-0.15, -0.1) is 0 Å². The first kappa shape index (κ1) is 26.5. The van der Waals surface area contributed by atoms with Crippen LogP contribution in [-0.4, -0.2) is 92.6 Å². The SMILES string of the molecule is CC1=C(C(=O)O)C(=CCOC2OC(COC(=O)C=Cc3ccc(O)cc3)C(O)C(O)C2O)C(O)C1. The number of esters is 1. The second-order valence-electron chi connectivity index (χ2n) is 8.24. The third-order valence-corrected chi connectivity index (χ3v) is 5.71. The van der Waals surface area contributed by atoms with Crippen molar-refractivity contribution in [3.8, 4) is 5.75 Å². The molecule has 11 heteroatoms. The molecule has 0 amide bonds. The fourth-order valence-electron chi connectivity index (χ4n) is 3.85. The number of aromatic hydroxyl groups is 1. The van der Waals surface area contributed by atoms with Gasteiger partial charge in [-0.3, -0.25) is 0 Å². The van der Waals surface area contributed by atoms with Gasteiger partial charge in [0.05, 0.1) is 18.3 Å². The van der Waals surface area contributed by atoms with Gasteiger partial charge < -0.3 is 44.8 Å². The molecule has 11 nitrogen and oxygen atoms in total. The molecular formula is C24H28O11. The number of phenols is 1. The minimum absolute atomic E-state index is 0.00758. The molecule has 1 saturated heterocycles. The second-order valence-corrected chi connectivity index (χ2v) is 8.24. The van der Waals surface area contributed by atoms with E-state index in [2.05, 4.69) is 0 Å². The van der Waals surface area contributed by atoms with E-state index in [0.717, 1.165) is 6.08 Å². The van der Waals surface area contributed by atoms with Crippen molar-refractivity contribution < 1.29 is 54.4 Å². The maximum absolute atomic E-state index is 12.0. The Hall–Kier alpha value is -3.06. The van der Waals surface area contributed by atoms with Crippen molar-refractivity contribution in [3.05, 3.63) is 58.7 Å². The number of carbonyl (C=O) groups is 2. The summed E-state index contributed by atoms with van der Waals surface area (Å²) < 4.78 is 15.9. The number of benzene rings is 1. The fraction of sp³-hybridized carbons (Fsp3) is 0.417. The lowest BCUT2D eigenvalue weighted by Gasteiger charge is -2.39. The topological polar surface area (TPSA) is 183 Å². The van der Waals surface area contributed by atoms with Crippen molar-refractivity contribution in [1.82, 2.24) is 0 Å². The van der Waals surface area contributed by atoms with Gasteiger partial charge in [-0.1, -0.05) is 23.8 Å². The number of ether oxygens (including phenoxy) is 3. The third-order valence-electron chi connectivity index (χ3n) is 5.71. The summed E-state index contributed by atoms with van der Waals surface area (Å²) in [5.74, 6) is -1.86. The van der Waals surface area contributed by atoms with Crippen molar-refractivity contribution in [3.63, 3.8) is 0 Å². The molecule has 0 aromatic heterocycles. The van der Waals surface area contributed by atoms with Crippen LogP contribution in [0, 0.1) is 0 Å². The number of aliphatic hydroxyl groups excluding tert-OH is 4. The molecule has 190 valence electrons. The second kappa shape index (κ2) is 11.6. The summed E-state index contributed by atoms with van der Waals surface area (Å²) >= 11 is 0. The van der Waals surface area contributed by atoms with Crippen LogP contribution in [0.1, 0.15) is 18.9 Å². The van der Waals surface area contributed by atoms with Gasteiger partial charge in [-0.2, -0.15) is 0 Å². The number of aliphatic carboxylic acids is 1. The first-order valence-electron chi connectivity index (χ1n) is 10.8. The van der Waals surface area contributed by atoms with Crippen LogP contribution in [0.25, 0.3) is 6.08 Å². The Morgan fingerprint density at radius 2 is 1.77 bits per heavy atom. The summed E-state index contributed by atoms with van der Waals surface area (Å²) in [5, 5.41) is 59.2. The standard InChI is InChI=1S/C24H28O11/c1-12-10-16(26)15(19(12)23(31)32)8-9-33-24-22(30)21(29)20(28)17(35-24)11-34-18(27)7-4-13-2-5-14(25)6-3-13/h2-8,16-17,20-22,24-26,28-30H,9-11H2,1H3,(H,31,32). The van der Waals surface area contributed by atoms with E-state index in [4.69, 9.17) is 14.2 Å². The molecule has 0 radical (unpaired) electrons. The number of aliphatic hydroxyl groups is 4. The molecule has 0 spiro atoms. The molecule has 1 aromatic carbocycles. The molecule has 6 atom stereocenters. The van der Waals surface area contributed by atoms with Crippen LogP contribution in [0.3, 0.4) is 0 Å². The van der Waals surface area contributed by atoms with E-state index in [0.29, 0.717) is 11.1 Å². The van der Waals surface area contributed by atoms with Crippen molar-refractivity contribution >= 4 is 18.0 Å². The average Bonchev–Trinajstić information content (AvgIpc) is 3.10. The van der Waals surface area contributed by atoms with Crippen LogP contribution < -0.4 is 0 Å². The highest BCUT2D eigenvalue weighted by atomic mass is 16.7. The van der Waals surface area contributed by atoms with Gasteiger partial charge in [-0.05, 0) is 42.7 Å². The lowest BCUT2D eigenvalue weighted by atomic mass is 9.99. The van der Waals surface area contributed by atoms with Crippen LogP contribution in [0.4, 0.5) is 0 Å².